The number of carboxylic acids is 1. The topological polar surface area (TPSA) is 180 Å². The number of carboxylic acid groups (broad SMARTS) is 1. The Hall–Kier alpha value is -2.61. The first-order valence-electron chi connectivity index (χ1n) is 10.8. The Morgan fingerprint density at radius 1 is 0.765 bits per heavy atom. The van der Waals surface area contributed by atoms with Crippen molar-refractivity contribution in [3.8, 4) is 0 Å². The summed E-state index contributed by atoms with van der Waals surface area (Å²) >= 11 is 0. The molecule has 0 aromatic heterocycles. The molecule has 198 valence electrons. The van der Waals surface area contributed by atoms with Gasteiger partial charge in [0.2, 0.25) is 15.9 Å². The van der Waals surface area contributed by atoms with Crippen molar-refractivity contribution >= 4 is 34.1 Å². The predicted molar refractivity (Wildman–Crippen MR) is 124 cm³/mol. The minimum absolute atomic E-state index is 0.0500. The van der Waals surface area contributed by atoms with Gasteiger partial charge in [-0.25, -0.2) is 18.0 Å². The second kappa shape index (κ2) is 13.9. The number of amides is 3. The summed E-state index contributed by atoms with van der Waals surface area (Å²) in [4.78, 5) is 45.8. The summed E-state index contributed by atoms with van der Waals surface area (Å²) in [6.45, 7) is 9.61. The van der Waals surface area contributed by atoms with Crippen LogP contribution in [0.1, 0.15) is 54.4 Å². The summed E-state index contributed by atoms with van der Waals surface area (Å²) in [5.74, 6) is -2.17. The fourth-order valence-electron chi connectivity index (χ4n) is 2.34. The second-order valence-corrected chi connectivity index (χ2v) is 11.4. The number of hydrogen-bond acceptors (Lipinski definition) is 8. The van der Waals surface area contributed by atoms with Crippen LogP contribution >= 0.6 is 0 Å². The van der Waals surface area contributed by atoms with E-state index < -0.39 is 51.0 Å². The number of nitrogens with zero attached hydrogens (tertiary/aromatic N) is 1. The molecular weight excluding hydrogens is 472 g/mol. The normalized spacial score (nSPS) is 12.1. The van der Waals surface area contributed by atoms with Crippen molar-refractivity contribution in [2.24, 2.45) is 0 Å². The molecule has 0 spiro atoms. The number of carbonyl (C=O) groups is 4. The largest absolute Gasteiger partial charge is 0.481 e. The monoisotopic (exact) mass is 510 g/mol. The third-order valence-electron chi connectivity index (χ3n) is 3.70. The highest BCUT2D eigenvalue weighted by Gasteiger charge is 2.24. The van der Waals surface area contributed by atoms with Crippen LogP contribution in [0.5, 0.6) is 0 Å². The molecule has 0 aromatic rings. The van der Waals surface area contributed by atoms with Gasteiger partial charge < -0.3 is 30.5 Å². The smallest absolute Gasteiger partial charge is 0.407 e. The summed E-state index contributed by atoms with van der Waals surface area (Å²) in [6, 6.07) is 0. The van der Waals surface area contributed by atoms with E-state index in [0.717, 1.165) is 4.31 Å². The molecule has 0 rings (SSSR count). The number of nitrogens with one attached hydrogen (secondary N) is 3. The molecule has 0 unspecified atom stereocenters. The van der Waals surface area contributed by atoms with Gasteiger partial charge in [0.1, 0.15) is 11.2 Å². The van der Waals surface area contributed by atoms with Gasteiger partial charge in [0.15, 0.2) is 0 Å². The van der Waals surface area contributed by atoms with E-state index in [-0.39, 0.29) is 45.6 Å². The molecule has 0 radical (unpaired) electrons. The lowest BCUT2D eigenvalue weighted by Crippen LogP contribution is -2.46. The van der Waals surface area contributed by atoms with Crippen LogP contribution in [0.15, 0.2) is 0 Å². The lowest BCUT2D eigenvalue weighted by atomic mass is 10.2. The maximum absolute atomic E-state index is 12.8. The highest BCUT2D eigenvalue weighted by Crippen LogP contribution is 2.07. The van der Waals surface area contributed by atoms with Crippen molar-refractivity contribution in [1.82, 2.24) is 20.3 Å². The maximum Gasteiger partial charge on any atom is 0.407 e. The first-order valence-corrected chi connectivity index (χ1v) is 12.4. The first-order chi connectivity index (χ1) is 15.4. The van der Waals surface area contributed by atoms with Gasteiger partial charge in [0.25, 0.3) is 0 Å². The van der Waals surface area contributed by atoms with Crippen molar-refractivity contribution in [3.05, 3.63) is 0 Å². The average Bonchev–Trinajstić information content (AvgIpc) is 2.62. The molecule has 0 bridgehead atoms. The van der Waals surface area contributed by atoms with Crippen LogP contribution in [0.3, 0.4) is 0 Å². The van der Waals surface area contributed by atoms with E-state index in [1.165, 1.54) is 0 Å². The highest BCUT2D eigenvalue weighted by molar-refractivity contribution is 7.89. The number of ether oxygens (including phenoxy) is 2. The van der Waals surface area contributed by atoms with Gasteiger partial charge in [-0.15, -0.1) is 0 Å². The summed E-state index contributed by atoms with van der Waals surface area (Å²) < 4.78 is 36.8. The van der Waals surface area contributed by atoms with Crippen molar-refractivity contribution in [2.75, 3.05) is 38.5 Å². The molecule has 4 N–H and O–H groups in total. The van der Waals surface area contributed by atoms with Crippen LogP contribution in [-0.4, -0.2) is 91.6 Å². The fourth-order valence-corrected chi connectivity index (χ4v) is 3.70. The molecule has 13 nitrogen and oxygen atoms in total. The Balaban J connectivity index is 4.93. The van der Waals surface area contributed by atoms with E-state index in [0.29, 0.717) is 0 Å². The second-order valence-electron chi connectivity index (χ2n) is 9.32. The molecule has 34 heavy (non-hydrogen) atoms. The molecular formula is C20H38N4O9S. The number of sulfonamides is 1. The van der Waals surface area contributed by atoms with Crippen molar-refractivity contribution in [2.45, 2.75) is 65.6 Å². The Morgan fingerprint density at radius 3 is 1.59 bits per heavy atom. The number of hydrogen-bond donors (Lipinski definition) is 4. The van der Waals surface area contributed by atoms with Crippen LogP contribution in [0.2, 0.25) is 0 Å². The molecule has 0 fully saturated rings. The van der Waals surface area contributed by atoms with Gasteiger partial charge in [-0.1, -0.05) is 0 Å². The quantitative estimate of drug-likeness (QED) is 0.276. The lowest BCUT2D eigenvalue weighted by Gasteiger charge is -2.24. The molecule has 0 atom stereocenters. The van der Waals surface area contributed by atoms with E-state index in [9.17, 15) is 27.6 Å². The summed E-state index contributed by atoms with van der Waals surface area (Å²) in [5, 5.41) is 15.9. The zero-order chi connectivity index (χ0) is 26.6. The highest BCUT2D eigenvalue weighted by atomic mass is 32.2. The lowest BCUT2D eigenvalue weighted by molar-refractivity contribution is -0.138. The molecule has 14 heteroatoms. The van der Waals surface area contributed by atoms with Gasteiger partial charge in [-0.3, -0.25) is 9.59 Å². The molecule has 0 heterocycles. The van der Waals surface area contributed by atoms with Gasteiger partial charge in [0.05, 0.1) is 12.2 Å². The summed E-state index contributed by atoms with van der Waals surface area (Å²) in [7, 11) is -3.90. The Kier molecular flexibility index (Phi) is 12.9. The van der Waals surface area contributed by atoms with Crippen LogP contribution < -0.4 is 16.0 Å². The van der Waals surface area contributed by atoms with Gasteiger partial charge in [0, 0.05) is 39.1 Å². The van der Waals surface area contributed by atoms with Crippen LogP contribution in [0.25, 0.3) is 0 Å². The summed E-state index contributed by atoms with van der Waals surface area (Å²) in [5.41, 5.74) is -1.43. The molecule has 0 aromatic carbocycles. The van der Waals surface area contributed by atoms with E-state index in [2.05, 4.69) is 16.0 Å². The number of rotatable bonds is 13. The number of aliphatic carboxylic acids is 1. The van der Waals surface area contributed by atoms with Crippen molar-refractivity contribution < 1.29 is 42.2 Å². The predicted octanol–water partition coefficient (Wildman–Crippen LogP) is 0.649. The third-order valence-corrected chi connectivity index (χ3v) is 5.57. The van der Waals surface area contributed by atoms with Crippen LogP contribution in [0, 0.1) is 0 Å². The van der Waals surface area contributed by atoms with Gasteiger partial charge >= 0.3 is 18.2 Å². The van der Waals surface area contributed by atoms with Crippen molar-refractivity contribution in [1.29, 1.82) is 0 Å². The van der Waals surface area contributed by atoms with E-state index in [1.807, 2.05) is 0 Å². The van der Waals surface area contributed by atoms with Crippen LogP contribution in [-0.2, 0) is 29.1 Å². The minimum Gasteiger partial charge on any atom is -0.481 e. The maximum atomic E-state index is 12.8. The molecule has 3 amide bonds. The standard InChI is InChI=1S/C20H38N4O9S/c1-19(2,3)32-17(28)22-9-12-24(13-10-23-18(29)33-20(4,5)6)34(30,31)14-11-21-15(25)7-8-16(26)27/h7-14H2,1-6H3,(H,21,25)(H,22,28)(H,23,29)(H,26,27). The molecule has 0 aliphatic heterocycles. The Bertz CT molecular complexity index is 768. The zero-order valence-corrected chi connectivity index (χ0v) is 21.5. The SMILES string of the molecule is CC(C)(C)OC(=O)NCCN(CCNC(=O)OC(C)(C)C)S(=O)(=O)CCNC(=O)CCC(=O)O. The van der Waals surface area contributed by atoms with Crippen molar-refractivity contribution in [3.63, 3.8) is 0 Å². The summed E-state index contributed by atoms with van der Waals surface area (Å²) in [6.07, 6.45) is -2.04. The molecule has 0 aliphatic carbocycles. The number of carbonyl (C=O) groups excluding carboxylic acids is 3. The fraction of sp³-hybridized carbons (Fsp3) is 0.800. The van der Waals surface area contributed by atoms with Gasteiger partial charge in [-0.2, -0.15) is 4.31 Å². The average molecular weight is 511 g/mol. The van der Waals surface area contributed by atoms with Gasteiger partial charge in [-0.05, 0) is 41.5 Å². The van der Waals surface area contributed by atoms with Crippen LogP contribution in [0.4, 0.5) is 9.59 Å². The zero-order valence-electron chi connectivity index (χ0n) is 20.7. The molecule has 0 saturated heterocycles. The van der Waals surface area contributed by atoms with E-state index >= 15 is 0 Å². The van der Waals surface area contributed by atoms with E-state index in [1.54, 1.807) is 41.5 Å². The minimum atomic E-state index is -3.90. The Labute approximate surface area is 201 Å². The van der Waals surface area contributed by atoms with E-state index in [4.69, 9.17) is 14.6 Å². The molecule has 0 saturated carbocycles. The Morgan fingerprint density at radius 2 is 1.21 bits per heavy atom. The molecule has 0 aliphatic rings. The number of alkyl carbamates (subject to hydrolysis) is 2. The first kappa shape index (κ1) is 31.4. The third kappa shape index (κ3) is 16.9.